The van der Waals surface area contributed by atoms with E-state index in [-0.39, 0.29) is 5.75 Å². The van der Waals surface area contributed by atoms with E-state index in [2.05, 4.69) is 9.71 Å². The highest BCUT2D eigenvalue weighted by molar-refractivity contribution is 7.88. The zero-order chi connectivity index (χ0) is 15.1. The van der Waals surface area contributed by atoms with Crippen molar-refractivity contribution >= 4 is 10.0 Å². The van der Waals surface area contributed by atoms with Crippen molar-refractivity contribution in [2.45, 2.75) is 25.5 Å². The Morgan fingerprint density at radius 1 is 1.10 bits per heavy atom. The van der Waals surface area contributed by atoms with Gasteiger partial charge in [-0.15, -0.1) is 0 Å². The van der Waals surface area contributed by atoms with Crippen LogP contribution in [0.15, 0.2) is 48.7 Å². The van der Waals surface area contributed by atoms with Crippen molar-refractivity contribution in [1.29, 1.82) is 0 Å². The first-order chi connectivity index (χ1) is 10.1. The fraction of sp³-hybridized carbons (Fsp3) is 0.312. The fourth-order valence-electron chi connectivity index (χ4n) is 2.00. The van der Waals surface area contributed by atoms with Gasteiger partial charge in [0, 0.05) is 18.4 Å². The van der Waals surface area contributed by atoms with E-state index in [1.165, 1.54) is 0 Å². The smallest absolute Gasteiger partial charge is 0.215 e. The number of nitrogens with zero attached hydrogens (tertiary/aromatic N) is 1. The average Bonchev–Trinajstić information content (AvgIpc) is 2.47. The SMILES string of the molecule is Cc1ccc(CS(=O)(=O)NCCCc2ccccn2)cc1. The molecule has 0 saturated carbocycles. The molecule has 2 rings (SSSR count). The predicted octanol–water partition coefficient (Wildman–Crippen LogP) is 2.44. The lowest BCUT2D eigenvalue weighted by Crippen LogP contribution is -2.26. The molecule has 0 unspecified atom stereocenters. The Morgan fingerprint density at radius 2 is 1.86 bits per heavy atom. The second-order valence-electron chi connectivity index (χ2n) is 5.06. The maximum atomic E-state index is 12.0. The summed E-state index contributed by atoms with van der Waals surface area (Å²) in [7, 11) is -3.27. The number of hydrogen-bond donors (Lipinski definition) is 1. The van der Waals surface area contributed by atoms with Crippen LogP contribution >= 0.6 is 0 Å². The van der Waals surface area contributed by atoms with Gasteiger partial charge < -0.3 is 0 Å². The second-order valence-corrected chi connectivity index (χ2v) is 6.87. The van der Waals surface area contributed by atoms with Crippen LogP contribution in [0.2, 0.25) is 0 Å². The molecule has 1 heterocycles. The summed E-state index contributed by atoms with van der Waals surface area (Å²) in [6.07, 6.45) is 3.26. The van der Waals surface area contributed by atoms with E-state index in [1.807, 2.05) is 49.4 Å². The van der Waals surface area contributed by atoms with Crippen LogP contribution in [0, 0.1) is 6.92 Å². The quantitative estimate of drug-likeness (QED) is 0.799. The third-order valence-corrected chi connectivity index (χ3v) is 4.49. The molecule has 0 radical (unpaired) electrons. The van der Waals surface area contributed by atoms with Crippen LogP contribution < -0.4 is 4.72 Å². The number of pyridine rings is 1. The summed E-state index contributed by atoms with van der Waals surface area (Å²) >= 11 is 0. The molecule has 0 bridgehead atoms. The molecule has 0 aliphatic rings. The molecule has 1 N–H and O–H groups in total. The van der Waals surface area contributed by atoms with Gasteiger partial charge in [-0.2, -0.15) is 0 Å². The summed E-state index contributed by atoms with van der Waals surface area (Å²) in [5.41, 5.74) is 2.91. The normalized spacial score (nSPS) is 11.5. The van der Waals surface area contributed by atoms with Crippen LogP contribution in [-0.4, -0.2) is 19.9 Å². The van der Waals surface area contributed by atoms with E-state index in [0.29, 0.717) is 6.54 Å². The van der Waals surface area contributed by atoms with Gasteiger partial charge in [0.25, 0.3) is 0 Å². The molecule has 4 nitrogen and oxygen atoms in total. The highest BCUT2D eigenvalue weighted by Gasteiger charge is 2.10. The number of nitrogens with one attached hydrogen (secondary N) is 1. The van der Waals surface area contributed by atoms with E-state index in [9.17, 15) is 8.42 Å². The van der Waals surface area contributed by atoms with Crippen molar-refractivity contribution in [3.05, 3.63) is 65.5 Å². The average molecular weight is 304 g/mol. The number of aryl methyl sites for hydroxylation is 2. The van der Waals surface area contributed by atoms with Gasteiger partial charge in [-0.05, 0) is 37.5 Å². The molecule has 0 saturated heterocycles. The lowest BCUT2D eigenvalue weighted by atomic mass is 10.2. The van der Waals surface area contributed by atoms with Gasteiger partial charge >= 0.3 is 0 Å². The lowest BCUT2D eigenvalue weighted by molar-refractivity contribution is 0.578. The van der Waals surface area contributed by atoms with E-state index >= 15 is 0 Å². The molecule has 0 atom stereocenters. The van der Waals surface area contributed by atoms with Crippen molar-refractivity contribution in [2.75, 3.05) is 6.54 Å². The summed E-state index contributed by atoms with van der Waals surface area (Å²) in [4.78, 5) is 4.21. The first kappa shape index (κ1) is 15.7. The van der Waals surface area contributed by atoms with E-state index in [0.717, 1.165) is 29.7 Å². The highest BCUT2D eigenvalue weighted by Crippen LogP contribution is 2.07. The van der Waals surface area contributed by atoms with Crippen LogP contribution in [0.5, 0.6) is 0 Å². The summed E-state index contributed by atoms with van der Waals surface area (Å²) in [5.74, 6) is 0.0247. The standard InChI is InChI=1S/C16H20N2O2S/c1-14-7-9-15(10-8-14)13-21(19,20)18-12-4-6-16-5-2-3-11-17-16/h2-3,5,7-11,18H,4,6,12-13H2,1H3. The molecule has 1 aromatic carbocycles. The Kier molecular flexibility index (Phi) is 5.47. The van der Waals surface area contributed by atoms with Gasteiger partial charge in [0.1, 0.15) is 0 Å². The van der Waals surface area contributed by atoms with Crippen molar-refractivity contribution in [1.82, 2.24) is 9.71 Å². The molecule has 1 aromatic heterocycles. The molecule has 112 valence electrons. The number of benzene rings is 1. The highest BCUT2D eigenvalue weighted by atomic mass is 32.2. The van der Waals surface area contributed by atoms with Crippen LogP contribution in [0.25, 0.3) is 0 Å². The van der Waals surface area contributed by atoms with Gasteiger partial charge in [0.05, 0.1) is 5.75 Å². The van der Waals surface area contributed by atoms with Gasteiger partial charge in [-0.1, -0.05) is 35.9 Å². The number of rotatable bonds is 7. The summed E-state index contributed by atoms with van der Waals surface area (Å²) in [6, 6.07) is 13.3. The van der Waals surface area contributed by atoms with Crippen molar-refractivity contribution in [2.24, 2.45) is 0 Å². The van der Waals surface area contributed by atoms with E-state index in [1.54, 1.807) is 6.20 Å². The molecule has 21 heavy (non-hydrogen) atoms. The Balaban J connectivity index is 1.77. The summed E-state index contributed by atoms with van der Waals surface area (Å²) in [5, 5.41) is 0. The fourth-order valence-corrected chi connectivity index (χ4v) is 3.19. The molecule has 0 aliphatic carbocycles. The van der Waals surface area contributed by atoms with Crippen molar-refractivity contribution in [3.63, 3.8) is 0 Å². The molecule has 0 fully saturated rings. The summed E-state index contributed by atoms with van der Waals surface area (Å²) < 4.78 is 26.6. The lowest BCUT2D eigenvalue weighted by Gasteiger charge is -2.07. The minimum atomic E-state index is -3.27. The number of sulfonamides is 1. The van der Waals surface area contributed by atoms with Crippen molar-refractivity contribution in [3.8, 4) is 0 Å². The predicted molar refractivity (Wildman–Crippen MR) is 84.4 cm³/mol. The third-order valence-electron chi connectivity index (χ3n) is 3.14. The van der Waals surface area contributed by atoms with Crippen LogP contribution in [-0.2, 0) is 22.2 Å². The Bertz CT molecular complexity index is 652. The van der Waals surface area contributed by atoms with Gasteiger partial charge in [-0.25, -0.2) is 13.1 Å². The summed E-state index contributed by atoms with van der Waals surface area (Å²) in [6.45, 7) is 2.42. The number of hydrogen-bond acceptors (Lipinski definition) is 3. The largest absolute Gasteiger partial charge is 0.261 e. The Labute approximate surface area is 126 Å². The Hall–Kier alpha value is -1.72. The van der Waals surface area contributed by atoms with Crippen molar-refractivity contribution < 1.29 is 8.42 Å². The minimum Gasteiger partial charge on any atom is -0.261 e. The molecular formula is C16H20N2O2S. The van der Waals surface area contributed by atoms with E-state index < -0.39 is 10.0 Å². The first-order valence-electron chi connectivity index (χ1n) is 6.98. The zero-order valence-electron chi connectivity index (χ0n) is 12.1. The maximum Gasteiger partial charge on any atom is 0.215 e. The second kappa shape index (κ2) is 7.33. The molecule has 0 aliphatic heterocycles. The van der Waals surface area contributed by atoms with Gasteiger partial charge in [0.15, 0.2) is 0 Å². The monoisotopic (exact) mass is 304 g/mol. The molecule has 0 amide bonds. The van der Waals surface area contributed by atoms with Gasteiger partial charge in [-0.3, -0.25) is 4.98 Å². The minimum absolute atomic E-state index is 0.0247. The van der Waals surface area contributed by atoms with Crippen LogP contribution in [0.1, 0.15) is 23.2 Å². The Morgan fingerprint density at radius 3 is 2.52 bits per heavy atom. The molecule has 0 spiro atoms. The third kappa shape index (κ3) is 5.65. The van der Waals surface area contributed by atoms with E-state index in [4.69, 9.17) is 0 Å². The molecular weight excluding hydrogens is 284 g/mol. The van der Waals surface area contributed by atoms with Crippen LogP contribution in [0.4, 0.5) is 0 Å². The maximum absolute atomic E-state index is 12.0. The molecule has 2 aromatic rings. The topological polar surface area (TPSA) is 59.1 Å². The number of aromatic nitrogens is 1. The molecule has 5 heteroatoms. The van der Waals surface area contributed by atoms with Crippen LogP contribution in [0.3, 0.4) is 0 Å². The van der Waals surface area contributed by atoms with Gasteiger partial charge in [0.2, 0.25) is 10.0 Å². The zero-order valence-corrected chi connectivity index (χ0v) is 12.9. The first-order valence-corrected chi connectivity index (χ1v) is 8.63.